The molecule has 212 valence electrons. The molecule has 1 aromatic carbocycles. The van der Waals surface area contributed by atoms with E-state index in [9.17, 15) is 5.11 Å². The number of aliphatic hydroxyl groups is 1. The van der Waals surface area contributed by atoms with Gasteiger partial charge in [-0.2, -0.15) is 4.98 Å². The van der Waals surface area contributed by atoms with Crippen molar-refractivity contribution in [3.63, 3.8) is 0 Å². The second kappa shape index (κ2) is 14.0. The summed E-state index contributed by atoms with van der Waals surface area (Å²) in [5, 5.41) is 13.0. The highest BCUT2D eigenvalue weighted by Crippen LogP contribution is 2.33. The molecule has 1 saturated heterocycles. The molecule has 8 heteroatoms. The third-order valence-electron chi connectivity index (χ3n) is 7.53. The molecule has 0 radical (unpaired) electrons. The van der Waals surface area contributed by atoms with Gasteiger partial charge in [-0.15, -0.1) is 0 Å². The average molecular weight is 528 g/mol. The molecular weight excluding hydrogens is 478 g/mol. The van der Waals surface area contributed by atoms with E-state index in [4.69, 9.17) is 15.2 Å². The van der Waals surface area contributed by atoms with Crippen molar-refractivity contribution in [2.75, 3.05) is 44.5 Å². The predicted molar refractivity (Wildman–Crippen MR) is 155 cm³/mol. The van der Waals surface area contributed by atoms with E-state index in [1.807, 2.05) is 19.1 Å². The van der Waals surface area contributed by atoms with E-state index in [0.717, 1.165) is 59.9 Å². The van der Waals surface area contributed by atoms with Crippen LogP contribution in [0, 0.1) is 12.3 Å². The summed E-state index contributed by atoms with van der Waals surface area (Å²) in [4.78, 5) is 11.6. The number of aryl methyl sites for hydroxylation is 1. The van der Waals surface area contributed by atoms with Crippen molar-refractivity contribution in [1.82, 2.24) is 14.9 Å². The summed E-state index contributed by atoms with van der Waals surface area (Å²) in [6.45, 7) is 14.2. The molecule has 2 atom stereocenters. The molecule has 0 saturated carbocycles. The van der Waals surface area contributed by atoms with E-state index in [1.54, 1.807) is 7.11 Å². The monoisotopic (exact) mass is 527 g/mol. The zero-order valence-corrected chi connectivity index (χ0v) is 24.3. The van der Waals surface area contributed by atoms with Crippen LogP contribution >= 0.6 is 0 Å². The Morgan fingerprint density at radius 1 is 1.24 bits per heavy atom. The lowest BCUT2D eigenvalue weighted by molar-refractivity contribution is 0.132. The number of nitrogens with one attached hydrogen (secondary N) is 1. The van der Waals surface area contributed by atoms with Crippen molar-refractivity contribution in [3.8, 4) is 11.5 Å². The highest BCUT2D eigenvalue weighted by Gasteiger charge is 2.33. The number of aromatic nitrogens is 2. The van der Waals surface area contributed by atoms with Crippen LogP contribution < -0.4 is 20.5 Å². The molecule has 3 rings (SSSR count). The number of hydrogen-bond acceptors (Lipinski definition) is 8. The molecule has 2 heterocycles. The fourth-order valence-corrected chi connectivity index (χ4v) is 5.62. The van der Waals surface area contributed by atoms with Gasteiger partial charge in [-0.3, -0.25) is 4.90 Å². The first-order valence-electron chi connectivity index (χ1n) is 14.2. The van der Waals surface area contributed by atoms with Gasteiger partial charge in [0.2, 0.25) is 5.95 Å². The van der Waals surface area contributed by atoms with Crippen LogP contribution in [0.3, 0.4) is 0 Å². The molecule has 0 aliphatic carbocycles. The van der Waals surface area contributed by atoms with Gasteiger partial charge in [0.15, 0.2) is 0 Å². The van der Waals surface area contributed by atoms with Crippen LogP contribution in [0.15, 0.2) is 18.2 Å². The molecule has 0 bridgehead atoms. The third kappa shape index (κ3) is 8.21. The van der Waals surface area contributed by atoms with Crippen LogP contribution in [0.4, 0.5) is 11.8 Å². The molecule has 0 spiro atoms. The lowest BCUT2D eigenvalue weighted by Crippen LogP contribution is -2.40. The van der Waals surface area contributed by atoms with Crippen molar-refractivity contribution in [2.45, 2.75) is 91.6 Å². The van der Waals surface area contributed by atoms with Gasteiger partial charge in [-0.05, 0) is 62.6 Å². The number of nitrogen functional groups attached to an aromatic ring is 1. The third-order valence-corrected chi connectivity index (χ3v) is 7.53. The Kier molecular flexibility index (Phi) is 11.0. The van der Waals surface area contributed by atoms with Crippen LogP contribution in [0.25, 0.3) is 0 Å². The second-order valence-corrected chi connectivity index (χ2v) is 11.5. The zero-order valence-electron chi connectivity index (χ0n) is 24.3. The average Bonchev–Trinajstić information content (AvgIpc) is 3.34. The van der Waals surface area contributed by atoms with E-state index < -0.39 is 0 Å². The van der Waals surface area contributed by atoms with Crippen molar-refractivity contribution < 1.29 is 14.6 Å². The summed E-state index contributed by atoms with van der Waals surface area (Å²) in [6.07, 6.45) is 6.78. The fourth-order valence-electron chi connectivity index (χ4n) is 5.62. The van der Waals surface area contributed by atoms with Crippen molar-refractivity contribution in [3.05, 3.63) is 35.0 Å². The first kappa shape index (κ1) is 30.0. The van der Waals surface area contributed by atoms with Crippen LogP contribution in [0.1, 0.15) is 83.0 Å². The summed E-state index contributed by atoms with van der Waals surface area (Å²) in [6, 6.07) is 6.81. The number of anilines is 2. The van der Waals surface area contributed by atoms with Crippen LogP contribution in [-0.2, 0) is 6.42 Å². The topological polar surface area (TPSA) is 106 Å². The van der Waals surface area contributed by atoms with Gasteiger partial charge in [-0.25, -0.2) is 4.98 Å². The molecule has 8 nitrogen and oxygen atoms in total. The van der Waals surface area contributed by atoms with E-state index in [-0.39, 0.29) is 18.6 Å². The summed E-state index contributed by atoms with van der Waals surface area (Å²) in [5.41, 5.74) is 9.14. The molecular formula is C30H49N5O3. The standard InChI is InChI=1S/C30H49N5O3/c1-7-10-23(14-17-36)33-28-25(21(2)32-29(31)34-28)19-22-12-13-24(20-26(22)37-6)38-18-9-16-35-15-8-11-27(35)30(3,4)5/h12-13,20,23,27,36H,7-11,14-19H2,1-6H3,(H3,31,32,33,34)/t23-,27+/m0/s1. The molecule has 1 aliphatic rings. The number of rotatable bonds is 14. The highest BCUT2D eigenvalue weighted by atomic mass is 16.5. The first-order chi connectivity index (χ1) is 18.2. The summed E-state index contributed by atoms with van der Waals surface area (Å²) in [5.74, 6) is 2.55. The number of benzene rings is 1. The maximum Gasteiger partial charge on any atom is 0.222 e. The maximum atomic E-state index is 9.50. The molecule has 1 aliphatic heterocycles. The zero-order chi connectivity index (χ0) is 27.7. The number of methoxy groups -OCH3 is 1. The minimum atomic E-state index is 0.120. The van der Waals surface area contributed by atoms with Crippen LogP contribution in [0.5, 0.6) is 11.5 Å². The van der Waals surface area contributed by atoms with Gasteiger partial charge in [0.1, 0.15) is 17.3 Å². The summed E-state index contributed by atoms with van der Waals surface area (Å²) < 4.78 is 11.9. The second-order valence-electron chi connectivity index (χ2n) is 11.5. The summed E-state index contributed by atoms with van der Waals surface area (Å²) in [7, 11) is 1.69. The first-order valence-corrected chi connectivity index (χ1v) is 14.2. The lowest BCUT2D eigenvalue weighted by Gasteiger charge is -2.35. The SMILES string of the molecule is CCC[C@@H](CCO)Nc1nc(N)nc(C)c1Cc1ccc(OCCCN2CCC[C@@H]2C(C)(C)C)cc1OC. The molecule has 1 fully saturated rings. The Morgan fingerprint density at radius 3 is 2.71 bits per heavy atom. The summed E-state index contributed by atoms with van der Waals surface area (Å²) >= 11 is 0. The molecule has 38 heavy (non-hydrogen) atoms. The minimum Gasteiger partial charge on any atom is -0.496 e. The predicted octanol–water partition coefficient (Wildman–Crippen LogP) is 5.21. The number of hydrogen-bond donors (Lipinski definition) is 3. The van der Waals surface area contributed by atoms with E-state index >= 15 is 0 Å². The quantitative estimate of drug-likeness (QED) is 0.288. The number of aliphatic hydroxyl groups excluding tert-OH is 1. The van der Waals surface area contributed by atoms with Gasteiger partial charge >= 0.3 is 0 Å². The van der Waals surface area contributed by atoms with Gasteiger partial charge in [0.05, 0.1) is 13.7 Å². The van der Waals surface area contributed by atoms with Crippen molar-refractivity contribution >= 4 is 11.8 Å². The van der Waals surface area contributed by atoms with Gasteiger partial charge < -0.3 is 25.6 Å². The molecule has 0 unspecified atom stereocenters. The maximum absolute atomic E-state index is 9.50. The Bertz CT molecular complexity index is 1020. The Labute approximate surface area is 229 Å². The number of ether oxygens (including phenoxy) is 2. The van der Waals surface area contributed by atoms with E-state index in [1.165, 1.54) is 19.4 Å². The number of nitrogens with zero attached hydrogens (tertiary/aromatic N) is 3. The van der Waals surface area contributed by atoms with Gasteiger partial charge in [0.25, 0.3) is 0 Å². The van der Waals surface area contributed by atoms with E-state index in [2.05, 4.69) is 53.9 Å². The smallest absolute Gasteiger partial charge is 0.222 e. The molecule has 1 aromatic heterocycles. The number of nitrogens with two attached hydrogens (primary N) is 1. The highest BCUT2D eigenvalue weighted by molar-refractivity contribution is 5.54. The molecule has 2 aromatic rings. The largest absolute Gasteiger partial charge is 0.496 e. The number of likely N-dealkylation sites (tertiary alicyclic amines) is 1. The van der Waals surface area contributed by atoms with Crippen molar-refractivity contribution in [1.29, 1.82) is 0 Å². The Balaban J connectivity index is 1.67. The van der Waals surface area contributed by atoms with Crippen molar-refractivity contribution in [2.24, 2.45) is 5.41 Å². The normalized spacial score (nSPS) is 17.0. The van der Waals surface area contributed by atoms with Crippen LogP contribution in [-0.4, -0.2) is 65.5 Å². The Morgan fingerprint density at radius 2 is 2.03 bits per heavy atom. The van der Waals surface area contributed by atoms with E-state index in [0.29, 0.717) is 30.9 Å². The lowest BCUT2D eigenvalue weighted by atomic mass is 9.85. The van der Waals surface area contributed by atoms with Gasteiger partial charge in [-0.1, -0.05) is 40.2 Å². The minimum absolute atomic E-state index is 0.120. The molecule has 0 amide bonds. The van der Waals surface area contributed by atoms with Crippen LogP contribution in [0.2, 0.25) is 0 Å². The van der Waals surface area contributed by atoms with Gasteiger partial charge in [0, 0.05) is 49.0 Å². The molecule has 4 N–H and O–H groups in total. The Hall–Kier alpha value is -2.58. The fraction of sp³-hybridized carbons (Fsp3) is 0.667.